The Morgan fingerprint density at radius 3 is 2.76 bits per heavy atom. The molecule has 0 aliphatic heterocycles. The molecule has 1 unspecified atom stereocenters. The highest BCUT2D eigenvalue weighted by Gasteiger charge is 2.22. The van der Waals surface area contributed by atoms with Crippen LogP contribution in [0.15, 0.2) is 45.9 Å². The van der Waals surface area contributed by atoms with Crippen LogP contribution in [0.25, 0.3) is 0 Å². The van der Waals surface area contributed by atoms with Gasteiger partial charge in [0.15, 0.2) is 0 Å². The minimum absolute atomic E-state index is 0.128. The first-order valence-corrected chi connectivity index (χ1v) is 8.54. The van der Waals surface area contributed by atoms with E-state index in [9.17, 15) is 12.8 Å². The molecule has 112 valence electrons. The summed E-state index contributed by atoms with van der Waals surface area (Å²) in [7, 11) is -3.87. The maximum absolute atomic E-state index is 13.2. The third kappa shape index (κ3) is 4.00. The van der Waals surface area contributed by atoms with Crippen molar-refractivity contribution in [3.63, 3.8) is 0 Å². The second kappa shape index (κ2) is 6.39. The van der Waals surface area contributed by atoms with Gasteiger partial charge in [0.2, 0.25) is 10.0 Å². The van der Waals surface area contributed by atoms with Crippen LogP contribution in [0.2, 0.25) is 5.15 Å². The van der Waals surface area contributed by atoms with Crippen LogP contribution in [0.1, 0.15) is 18.5 Å². The highest BCUT2D eigenvalue weighted by Crippen LogP contribution is 2.24. The lowest BCUT2D eigenvalue weighted by Gasteiger charge is -2.15. The number of sulfonamides is 1. The van der Waals surface area contributed by atoms with Gasteiger partial charge in [-0.05, 0) is 46.6 Å². The molecule has 1 atom stereocenters. The van der Waals surface area contributed by atoms with Crippen LogP contribution < -0.4 is 4.72 Å². The van der Waals surface area contributed by atoms with E-state index in [2.05, 4.69) is 25.6 Å². The lowest BCUT2D eigenvalue weighted by atomic mass is 10.1. The molecule has 21 heavy (non-hydrogen) atoms. The Hall–Kier alpha value is -1.02. The molecule has 0 saturated carbocycles. The van der Waals surface area contributed by atoms with Crippen LogP contribution in [0.3, 0.4) is 0 Å². The molecule has 1 N–H and O–H groups in total. The van der Waals surface area contributed by atoms with Crippen LogP contribution >= 0.6 is 27.5 Å². The Morgan fingerprint density at radius 2 is 2.10 bits per heavy atom. The first-order valence-electron chi connectivity index (χ1n) is 5.88. The van der Waals surface area contributed by atoms with E-state index in [4.69, 9.17) is 11.6 Å². The van der Waals surface area contributed by atoms with Crippen molar-refractivity contribution in [1.29, 1.82) is 0 Å². The summed E-state index contributed by atoms with van der Waals surface area (Å²) >= 11 is 8.97. The fourth-order valence-electron chi connectivity index (χ4n) is 1.73. The van der Waals surface area contributed by atoms with Crippen LogP contribution in [0.5, 0.6) is 0 Å². The molecule has 2 aromatic rings. The molecule has 0 saturated heterocycles. The van der Waals surface area contributed by atoms with Gasteiger partial charge in [-0.2, -0.15) is 0 Å². The number of benzene rings is 1. The average molecular weight is 394 g/mol. The smallest absolute Gasteiger partial charge is 0.242 e. The summed E-state index contributed by atoms with van der Waals surface area (Å²) < 4.78 is 40.8. The summed E-state index contributed by atoms with van der Waals surface area (Å²) in [5.41, 5.74) is 0.512. The Balaban J connectivity index is 2.31. The quantitative estimate of drug-likeness (QED) is 0.806. The standard InChI is InChI=1S/C13H11BrClFN2O2S/c1-8(9-3-2-4-11(16)5-9)18-21(19,20)12-6-10(14)7-17-13(12)15/h2-8,18H,1H3. The molecule has 0 radical (unpaired) electrons. The van der Waals surface area contributed by atoms with Crippen LogP contribution in [-0.2, 0) is 10.0 Å². The summed E-state index contributed by atoms with van der Waals surface area (Å²) in [5, 5.41) is -0.128. The van der Waals surface area contributed by atoms with Crippen LogP contribution in [0, 0.1) is 5.82 Å². The number of aromatic nitrogens is 1. The van der Waals surface area contributed by atoms with Gasteiger partial charge in [-0.15, -0.1) is 0 Å². The Morgan fingerprint density at radius 1 is 1.38 bits per heavy atom. The Labute approximate surface area is 135 Å². The highest BCUT2D eigenvalue weighted by atomic mass is 79.9. The van der Waals surface area contributed by atoms with E-state index in [1.807, 2.05) is 0 Å². The van der Waals surface area contributed by atoms with Gasteiger partial charge in [-0.1, -0.05) is 23.7 Å². The van der Waals surface area contributed by atoms with E-state index in [1.165, 1.54) is 30.5 Å². The van der Waals surface area contributed by atoms with Crippen molar-refractivity contribution >= 4 is 37.6 Å². The molecule has 0 aliphatic carbocycles. The summed E-state index contributed by atoms with van der Waals surface area (Å²) in [6.45, 7) is 1.62. The average Bonchev–Trinajstić information content (AvgIpc) is 2.41. The van der Waals surface area contributed by atoms with Crippen molar-refractivity contribution in [3.8, 4) is 0 Å². The lowest BCUT2D eigenvalue weighted by molar-refractivity contribution is 0.564. The molecule has 8 heteroatoms. The SMILES string of the molecule is CC(NS(=O)(=O)c1cc(Br)cnc1Cl)c1cccc(F)c1. The minimum Gasteiger partial charge on any atom is -0.242 e. The van der Waals surface area contributed by atoms with E-state index in [-0.39, 0.29) is 10.0 Å². The van der Waals surface area contributed by atoms with Gasteiger partial charge in [0.05, 0.1) is 0 Å². The molecule has 1 heterocycles. The number of hydrogen-bond acceptors (Lipinski definition) is 3. The number of pyridine rings is 1. The molecule has 4 nitrogen and oxygen atoms in total. The van der Waals surface area contributed by atoms with Crippen molar-refractivity contribution in [2.75, 3.05) is 0 Å². The van der Waals surface area contributed by atoms with Gasteiger partial charge in [0.25, 0.3) is 0 Å². The third-order valence-corrected chi connectivity index (χ3v) is 5.14. The molecular weight excluding hydrogens is 383 g/mol. The van der Waals surface area contributed by atoms with Crippen molar-refractivity contribution in [1.82, 2.24) is 9.71 Å². The second-order valence-electron chi connectivity index (χ2n) is 4.34. The largest absolute Gasteiger partial charge is 0.244 e. The summed E-state index contributed by atoms with van der Waals surface area (Å²) in [4.78, 5) is 3.64. The summed E-state index contributed by atoms with van der Waals surface area (Å²) in [5.74, 6) is -0.430. The van der Waals surface area contributed by atoms with E-state index in [0.29, 0.717) is 10.0 Å². The Bertz CT molecular complexity index is 771. The zero-order chi connectivity index (χ0) is 15.6. The normalized spacial score (nSPS) is 13.1. The third-order valence-electron chi connectivity index (χ3n) is 2.74. The topological polar surface area (TPSA) is 59.1 Å². The number of hydrogen-bond donors (Lipinski definition) is 1. The van der Waals surface area contributed by atoms with Gasteiger partial charge in [0, 0.05) is 16.7 Å². The van der Waals surface area contributed by atoms with Gasteiger partial charge in [-0.3, -0.25) is 0 Å². The van der Waals surface area contributed by atoms with Crippen molar-refractivity contribution in [2.45, 2.75) is 17.9 Å². The lowest BCUT2D eigenvalue weighted by Crippen LogP contribution is -2.27. The fraction of sp³-hybridized carbons (Fsp3) is 0.154. The van der Waals surface area contributed by atoms with Gasteiger partial charge in [0.1, 0.15) is 15.9 Å². The molecule has 0 bridgehead atoms. The van der Waals surface area contributed by atoms with Gasteiger partial charge in [-0.25, -0.2) is 22.5 Å². The van der Waals surface area contributed by atoms with Crippen LogP contribution in [0.4, 0.5) is 4.39 Å². The minimum atomic E-state index is -3.87. The summed E-state index contributed by atoms with van der Waals surface area (Å²) in [6, 6.07) is 6.46. The van der Waals surface area contributed by atoms with Crippen molar-refractivity contribution in [2.24, 2.45) is 0 Å². The maximum Gasteiger partial charge on any atom is 0.244 e. The first kappa shape index (κ1) is 16.4. The van der Waals surface area contributed by atoms with E-state index >= 15 is 0 Å². The molecule has 0 fully saturated rings. The van der Waals surface area contributed by atoms with Crippen molar-refractivity contribution in [3.05, 3.63) is 57.5 Å². The van der Waals surface area contributed by atoms with E-state index in [1.54, 1.807) is 13.0 Å². The van der Waals surface area contributed by atoms with E-state index < -0.39 is 21.9 Å². The predicted octanol–water partition coefficient (Wildman–Crippen LogP) is 3.68. The molecular formula is C13H11BrClFN2O2S. The Kier molecular flexibility index (Phi) is 4.98. The molecule has 1 aromatic heterocycles. The second-order valence-corrected chi connectivity index (χ2v) is 7.30. The summed E-state index contributed by atoms with van der Waals surface area (Å²) in [6.07, 6.45) is 1.40. The number of halogens is 3. The van der Waals surface area contributed by atoms with Gasteiger partial charge >= 0.3 is 0 Å². The monoisotopic (exact) mass is 392 g/mol. The number of nitrogens with one attached hydrogen (secondary N) is 1. The van der Waals surface area contributed by atoms with Crippen LogP contribution in [-0.4, -0.2) is 13.4 Å². The zero-order valence-corrected chi connectivity index (χ0v) is 14.0. The molecule has 0 spiro atoms. The number of rotatable bonds is 4. The van der Waals surface area contributed by atoms with Gasteiger partial charge < -0.3 is 0 Å². The maximum atomic E-state index is 13.2. The van der Waals surface area contributed by atoms with E-state index in [0.717, 1.165) is 0 Å². The predicted molar refractivity (Wildman–Crippen MR) is 82.1 cm³/mol. The molecule has 0 amide bonds. The fourth-order valence-corrected chi connectivity index (χ4v) is 3.91. The molecule has 0 aliphatic rings. The zero-order valence-electron chi connectivity index (χ0n) is 10.8. The molecule has 1 aromatic carbocycles. The highest BCUT2D eigenvalue weighted by molar-refractivity contribution is 9.10. The first-order chi connectivity index (χ1) is 9.79. The molecule has 2 rings (SSSR count). The van der Waals surface area contributed by atoms with Crippen molar-refractivity contribution < 1.29 is 12.8 Å². The number of nitrogens with zero attached hydrogens (tertiary/aromatic N) is 1.